The summed E-state index contributed by atoms with van der Waals surface area (Å²) in [6, 6.07) is 5.31. The van der Waals surface area contributed by atoms with Crippen LogP contribution in [0.3, 0.4) is 0 Å². The van der Waals surface area contributed by atoms with Gasteiger partial charge in [-0.15, -0.1) is 0 Å². The zero-order valence-corrected chi connectivity index (χ0v) is 11.4. The van der Waals surface area contributed by atoms with Gasteiger partial charge in [0.15, 0.2) is 5.76 Å². The van der Waals surface area contributed by atoms with Crippen LogP contribution in [-0.4, -0.2) is 16.4 Å². The number of primary amides is 1. The second kappa shape index (κ2) is 6.08. The van der Waals surface area contributed by atoms with Gasteiger partial charge in [-0.25, -0.2) is 0 Å². The minimum absolute atomic E-state index is 0.0543. The lowest BCUT2D eigenvalue weighted by molar-refractivity contribution is -0.121. The second-order valence-corrected chi connectivity index (χ2v) is 4.39. The fourth-order valence-electron chi connectivity index (χ4n) is 1.98. The molecule has 0 aromatic carbocycles. The number of furan rings is 1. The summed E-state index contributed by atoms with van der Waals surface area (Å²) in [6.07, 6.45) is 3.20. The highest BCUT2D eigenvalue weighted by Gasteiger charge is 2.18. The Hall–Kier alpha value is -2.83. The lowest BCUT2D eigenvalue weighted by Crippen LogP contribution is -2.34. The molecule has 21 heavy (non-hydrogen) atoms. The number of carbonyl (C=O) groups excluding carboxylic acids is 2. The van der Waals surface area contributed by atoms with Gasteiger partial charge >= 0.3 is 0 Å². The predicted octanol–water partition coefficient (Wildman–Crippen LogP) is 1.13. The molecule has 0 bridgehead atoms. The third-order valence-electron chi connectivity index (χ3n) is 3.02. The van der Waals surface area contributed by atoms with Gasteiger partial charge in [-0.05, 0) is 30.7 Å². The molecular weight excluding hydrogens is 274 g/mol. The fraction of sp³-hybridized carbons (Fsp3) is 0.214. The van der Waals surface area contributed by atoms with Crippen LogP contribution in [0.4, 0.5) is 5.69 Å². The predicted molar refractivity (Wildman–Crippen MR) is 75.9 cm³/mol. The number of anilines is 1. The van der Waals surface area contributed by atoms with Crippen LogP contribution < -0.4 is 16.6 Å². The number of aromatic nitrogens is 1. The molecule has 0 aliphatic heterocycles. The summed E-state index contributed by atoms with van der Waals surface area (Å²) in [5.41, 5.74) is 4.83. The average Bonchev–Trinajstić information content (AvgIpc) is 2.97. The summed E-state index contributed by atoms with van der Waals surface area (Å²) in [7, 11) is 0. The monoisotopic (exact) mass is 289 g/mol. The number of carbonyl (C=O) groups is 2. The smallest absolute Gasteiger partial charge is 0.291 e. The molecule has 2 heterocycles. The molecule has 7 heteroatoms. The Morgan fingerprint density at radius 1 is 1.38 bits per heavy atom. The lowest BCUT2D eigenvalue weighted by atomic mass is 10.2. The summed E-state index contributed by atoms with van der Waals surface area (Å²) < 4.78 is 6.16. The van der Waals surface area contributed by atoms with Crippen molar-refractivity contribution in [2.75, 3.05) is 5.32 Å². The second-order valence-electron chi connectivity index (χ2n) is 4.39. The molecule has 2 rings (SSSR count). The SMILES string of the molecule is CCC(C(N)=O)n1cccc(NC(=O)c2ccco2)c1=O. The van der Waals surface area contributed by atoms with Gasteiger partial charge in [0.2, 0.25) is 5.91 Å². The third-order valence-corrected chi connectivity index (χ3v) is 3.02. The number of hydrogen-bond donors (Lipinski definition) is 2. The number of nitrogens with zero attached hydrogens (tertiary/aromatic N) is 1. The Morgan fingerprint density at radius 3 is 2.71 bits per heavy atom. The number of pyridine rings is 1. The van der Waals surface area contributed by atoms with Crippen LogP contribution >= 0.6 is 0 Å². The molecule has 0 spiro atoms. The van der Waals surface area contributed by atoms with Gasteiger partial charge in [0.25, 0.3) is 11.5 Å². The average molecular weight is 289 g/mol. The molecular formula is C14H15N3O4. The van der Waals surface area contributed by atoms with Crippen molar-refractivity contribution in [1.29, 1.82) is 0 Å². The molecule has 0 radical (unpaired) electrons. The quantitative estimate of drug-likeness (QED) is 0.860. The van der Waals surface area contributed by atoms with Gasteiger partial charge in [-0.3, -0.25) is 14.4 Å². The van der Waals surface area contributed by atoms with E-state index < -0.39 is 23.4 Å². The summed E-state index contributed by atoms with van der Waals surface area (Å²) in [6.45, 7) is 1.75. The zero-order valence-electron chi connectivity index (χ0n) is 11.4. The van der Waals surface area contributed by atoms with Crippen LogP contribution in [0, 0.1) is 0 Å². The van der Waals surface area contributed by atoms with Crippen LogP contribution in [0.5, 0.6) is 0 Å². The largest absolute Gasteiger partial charge is 0.459 e. The van der Waals surface area contributed by atoms with E-state index in [-0.39, 0.29) is 11.4 Å². The number of rotatable bonds is 5. The van der Waals surface area contributed by atoms with Gasteiger partial charge in [-0.1, -0.05) is 6.92 Å². The molecule has 110 valence electrons. The van der Waals surface area contributed by atoms with Crippen molar-refractivity contribution in [2.24, 2.45) is 5.73 Å². The molecule has 0 aliphatic carbocycles. The molecule has 2 aromatic rings. The number of hydrogen-bond acceptors (Lipinski definition) is 4. The van der Waals surface area contributed by atoms with E-state index in [4.69, 9.17) is 10.2 Å². The van der Waals surface area contributed by atoms with Crippen molar-refractivity contribution >= 4 is 17.5 Å². The van der Waals surface area contributed by atoms with Crippen LogP contribution in [-0.2, 0) is 4.79 Å². The maximum Gasteiger partial charge on any atom is 0.291 e. The summed E-state index contributed by atoms with van der Waals surface area (Å²) in [5.74, 6) is -1.05. The molecule has 0 fully saturated rings. The molecule has 3 N–H and O–H groups in total. The standard InChI is InChI=1S/C14H15N3O4/c1-2-10(12(15)18)17-7-3-5-9(14(17)20)16-13(19)11-6-4-8-21-11/h3-8,10H,2H2,1H3,(H2,15,18)(H,16,19). The van der Waals surface area contributed by atoms with Gasteiger partial charge in [0.05, 0.1) is 6.26 Å². The molecule has 0 saturated carbocycles. The Kier molecular flexibility index (Phi) is 4.22. The molecule has 0 aliphatic rings. The Morgan fingerprint density at radius 2 is 2.14 bits per heavy atom. The lowest BCUT2D eigenvalue weighted by Gasteiger charge is -2.15. The topological polar surface area (TPSA) is 107 Å². The van der Waals surface area contributed by atoms with E-state index >= 15 is 0 Å². The van der Waals surface area contributed by atoms with Gasteiger partial charge in [0.1, 0.15) is 11.7 Å². The van der Waals surface area contributed by atoms with Gasteiger partial charge < -0.3 is 20.0 Å². The van der Waals surface area contributed by atoms with E-state index in [2.05, 4.69) is 5.32 Å². The van der Waals surface area contributed by atoms with E-state index in [9.17, 15) is 14.4 Å². The van der Waals surface area contributed by atoms with E-state index in [1.165, 1.54) is 29.2 Å². The van der Waals surface area contributed by atoms with E-state index in [0.717, 1.165) is 0 Å². The van der Waals surface area contributed by atoms with Crippen molar-refractivity contribution in [3.05, 3.63) is 52.8 Å². The maximum atomic E-state index is 12.3. The Balaban J connectivity index is 2.32. The first-order chi connectivity index (χ1) is 10.0. The molecule has 1 unspecified atom stereocenters. The first-order valence-corrected chi connectivity index (χ1v) is 6.40. The first kappa shape index (κ1) is 14.6. The van der Waals surface area contributed by atoms with E-state index in [1.54, 1.807) is 19.1 Å². The zero-order chi connectivity index (χ0) is 15.4. The van der Waals surface area contributed by atoms with Crippen molar-refractivity contribution in [3.63, 3.8) is 0 Å². The maximum absolute atomic E-state index is 12.3. The van der Waals surface area contributed by atoms with E-state index in [0.29, 0.717) is 6.42 Å². The highest BCUT2D eigenvalue weighted by atomic mass is 16.3. The summed E-state index contributed by atoms with van der Waals surface area (Å²) >= 11 is 0. The van der Waals surface area contributed by atoms with E-state index in [1.807, 2.05) is 0 Å². The van der Waals surface area contributed by atoms with Crippen molar-refractivity contribution in [1.82, 2.24) is 4.57 Å². The third kappa shape index (κ3) is 3.02. The normalized spacial score (nSPS) is 11.9. The highest BCUT2D eigenvalue weighted by Crippen LogP contribution is 2.11. The Labute approximate surface area is 120 Å². The summed E-state index contributed by atoms with van der Waals surface area (Å²) in [5, 5.41) is 2.45. The minimum atomic E-state index is -0.752. The van der Waals surface area contributed by atoms with Crippen molar-refractivity contribution in [2.45, 2.75) is 19.4 Å². The molecule has 2 aromatic heterocycles. The first-order valence-electron chi connectivity index (χ1n) is 6.40. The Bertz CT molecular complexity index is 703. The molecule has 0 saturated heterocycles. The van der Waals surface area contributed by atoms with Crippen molar-refractivity contribution < 1.29 is 14.0 Å². The minimum Gasteiger partial charge on any atom is -0.459 e. The molecule has 1 atom stereocenters. The number of amides is 2. The fourth-order valence-corrected chi connectivity index (χ4v) is 1.98. The number of nitrogens with two attached hydrogens (primary N) is 1. The van der Waals surface area contributed by atoms with Crippen LogP contribution in [0.15, 0.2) is 45.9 Å². The molecule has 7 nitrogen and oxygen atoms in total. The van der Waals surface area contributed by atoms with Crippen LogP contribution in [0.2, 0.25) is 0 Å². The van der Waals surface area contributed by atoms with Crippen molar-refractivity contribution in [3.8, 4) is 0 Å². The van der Waals surface area contributed by atoms with Crippen LogP contribution in [0.1, 0.15) is 29.9 Å². The van der Waals surface area contributed by atoms with Crippen LogP contribution in [0.25, 0.3) is 0 Å². The molecule has 2 amide bonds. The van der Waals surface area contributed by atoms with Gasteiger partial charge in [0, 0.05) is 6.20 Å². The summed E-state index contributed by atoms with van der Waals surface area (Å²) in [4.78, 5) is 35.5. The van der Waals surface area contributed by atoms with Gasteiger partial charge in [-0.2, -0.15) is 0 Å². The number of nitrogens with one attached hydrogen (secondary N) is 1. The highest BCUT2D eigenvalue weighted by molar-refractivity contribution is 6.02.